The van der Waals surface area contributed by atoms with E-state index in [0.717, 1.165) is 0 Å². The fraction of sp³-hybridized carbons (Fsp3) is 0. The quantitative estimate of drug-likeness (QED) is 0.318. The van der Waals surface area contributed by atoms with Gasteiger partial charge in [0.05, 0.1) is 6.21 Å². The molecule has 0 aromatic carbocycles. The number of hydrazone groups is 1. The Labute approximate surface area is 52.4 Å². The van der Waals surface area contributed by atoms with Crippen molar-refractivity contribution in [2.45, 2.75) is 0 Å². The molecule has 9 heavy (non-hydrogen) atoms. The van der Waals surface area contributed by atoms with Crippen LogP contribution in [0.15, 0.2) is 23.6 Å². The lowest BCUT2D eigenvalue weighted by Crippen LogP contribution is -1.92. The third-order valence-electron chi connectivity index (χ3n) is 0.776. The van der Waals surface area contributed by atoms with E-state index in [4.69, 9.17) is 5.84 Å². The smallest absolute Gasteiger partial charge is 0.172 e. The van der Waals surface area contributed by atoms with Crippen molar-refractivity contribution in [3.8, 4) is 0 Å². The van der Waals surface area contributed by atoms with E-state index in [-0.39, 0.29) is 0 Å². The highest BCUT2D eigenvalue weighted by Gasteiger charge is 1.82. The van der Waals surface area contributed by atoms with Crippen LogP contribution in [0.3, 0.4) is 0 Å². The number of nitrogens with two attached hydrogens (primary N) is 1. The summed E-state index contributed by atoms with van der Waals surface area (Å²) in [6.45, 7) is 0. The van der Waals surface area contributed by atoms with Gasteiger partial charge in [0.15, 0.2) is 5.82 Å². The molecule has 0 saturated carbocycles. The molecule has 0 spiro atoms. The minimum atomic E-state index is 0.528. The molecule has 46 valence electrons. The van der Waals surface area contributed by atoms with Gasteiger partial charge in [0.1, 0.15) is 0 Å². The highest BCUT2D eigenvalue weighted by atomic mass is 15.1. The largest absolute Gasteiger partial charge is 0.323 e. The van der Waals surface area contributed by atoms with E-state index in [1.54, 1.807) is 18.5 Å². The zero-order valence-electron chi connectivity index (χ0n) is 4.73. The highest BCUT2D eigenvalue weighted by Crippen LogP contribution is 1.79. The van der Waals surface area contributed by atoms with E-state index in [0.29, 0.717) is 5.82 Å². The van der Waals surface area contributed by atoms with Gasteiger partial charge < -0.3 is 5.84 Å². The fourth-order valence-electron chi connectivity index (χ4n) is 0.444. The molecule has 1 heterocycles. The Hall–Kier alpha value is -1.45. The van der Waals surface area contributed by atoms with Gasteiger partial charge >= 0.3 is 0 Å². The van der Waals surface area contributed by atoms with Crippen LogP contribution in [0.5, 0.6) is 0 Å². The first-order chi connectivity index (χ1) is 4.43. The van der Waals surface area contributed by atoms with Gasteiger partial charge in [0.2, 0.25) is 0 Å². The van der Waals surface area contributed by atoms with Crippen LogP contribution in [0.25, 0.3) is 0 Å². The highest BCUT2D eigenvalue weighted by molar-refractivity contribution is 5.73. The Morgan fingerprint density at radius 3 is 2.67 bits per heavy atom. The zero-order chi connectivity index (χ0) is 6.53. The number of aromatic nitrogens is 2. The lowest BCUT2D eigenvalue weighted by atomic mass is 10.6. The SMILES string of the molecule is NN=Cc1ncccn1. The Balaban J connectivity index is 2.85. The van der Waals surface area contributed by atoms with Crippen molar-refractivity contribution < 1.29 is 0 Å². The van der Waals surface area contributed by atoms with Crippen molar-refractivity contribution in [3.63, 3.8) is 0 Å². The molecular weight excluding hydrogens is 116 g/mol. The molecule has 2 N–H and O–H groups in total. The fourth-order valence-corrected chi connectivity index (χ4v) is 0.444. The molecule has 0 unspecified atom stereocenters. The molecule has 0 aliphatic heterocycles. The number of rotatable bonds is 1. The van der Waals surface area contributed by atoms with Gasteiger partial charge in [-0.15, -0.1) is 0 Å². The van der Waals surface area contributed by atoms with Crippen molar-refractivity contribution >= 4 is 6.21 Å². The van der Waals surface area contributed by atoms with Crippen LogP contribution in [0, 0.1) is 0 Å². The summed E-state index contributed by atoms with van der Waals surface area (Å²) in [5.74, 6) is 5.38. The van der Waals surface area contributed by atoms with Crippen LogP contribution in [0.2, 0.25) is 0 Å². The second kappa shape index (κ2) is 2.76. The lowest BCUT2D eigenvalue weighted by Gasteiger charge is -1.84. The van der Waals surface area contributed by atoms with Crippen molar-refractivity contribution in [3.05, 3.63) is 24.3 Å². The summed E-state index contributed by atoms with van der Waals surface area (Å²) in [4.78, 5) is 7.66. The molecule has 1 aromatic rings. The van der Waals surface area contributed by atoms with Crippen LogP contribution in [-0.2, 0) is 0 Å². The molecule has 0 radical (unpaired) electrons. The second-order valence-electron chi connectivity index (χ2n) is 1.39. The third-order valence-corrected chi connectivity index (χ3v) is 0.776. The lowest BCUT2D eigenvalue weighted by molar-refractivity contribution is 1.13. The Morgan fingerprint density at radius 2 is 2.11 bits per heavy atom. The number of hydrogen-bond acceptors (Lipinski definition) is 4. The molecule has 0 saturated heterocycles. The molecule has 1 rings (SSSR count). The van der Waals surface area contributed by atoms with E-state index in [9.17, 15) is 0 Å². The molecule has 0 amide bonds. The summed E-state index contributed by atoms with van der Waals surface area (Å²) < 4.78 is 0. The summed E-state index contributed by atoms with van der Waals surface area (Å²) in [5, 5.41) is 3.26. The van der Waals surface area contributed by atoms with E-state index in [2.05, 4.69) is 15.1 Å². The minimum absolute atomic E-state index is 0.528. The first-order valence-corrected chi connectivity index (χ1v) is 2.44. The topological polar surface area (TPSA) is 64.2 Å². The predicted octanol–water partition coefficient (Wildman–Crippen LogP) is -0.231. The van der Waals surface area contributed by atoms with Gasteiger partial charge in [-0.05, 0) is 6.07 Å². The summed E-state index contributed by atoms with van der Waals surface area (Å²) in [6.07, 6.45) is 4.65. The Bertz CT molecular complexity index is 193. The second-order valence-corrected chi connectivity index (χ2v) is 1.39. The summed E-state index contributed by atoms with van der Waals surface area (Å²) in [7, 11) is 0. The number of nitrogens with zero attached hydrogens (tertiary/aromatic N) is 3. The standard InChI is InChI=1S/C5H6N4/c6-9-4-5-7-2-1-3-8-5/h1-4H,6H2. The molecule has 4 heteroatoms. The Kier molecular flexibility index (Phi) is 1.74. The van der Waals surface area contributed by atoms with Crippen LogP contribution in [0.4, 0.5) is 0 Å². The molecule has 1 aromatic heterocycles. The maximum Gasteiger partial charge on any atom is 0.172 e. The van der Waals surface area contributed by atoms with Crippen molar-refractivity contribution in [2.24, 2.45) is 10.9 Å². The number of hydrogen-bond donors (Lipinski definition) is 1. The normalized spacial score (nSPS) is 10.2. The molecule has 4 nitrogen and oxygen atoms in total. The average Bonchev–Trinajstić information content (AvgIpc) is 1.91. The van der Waals surface area contributed by atoms with Crippen molar-refractivity contribution in [1.29, 1.82) is 0 Å². The van der Waals surface area contributed by atoms with E-state index < -0.39 is 0 Å². The Morgan fingerprint density at radius 1 is 1.44 bits per heavy atom. The van der Waals surface area contributed by atoms with E-state index in [1.165, 1.54) is 6.21 Å². The molecule has 0 fully saturated rings. The van der Waals surface area contributed by atoms with E-state index >= 15 is 0 Å². The summed E-state index contributed by atoms with van der Waals surface area (Å²) in [5.41, 5.74) is 0. The monoisotopic (exact) mass is 122 g/mol. The van der Waals surface area contributed by atoms with Gasteiger partial charge in [-0.1, -0.05) is 0 Å². The predicted molar refractivity (Wildman–Crippen MR) is 33.8 cm³/mol. The third kappa shape index (κ3) is 1.49. The van der Waals surface area contributed by atoms with Gasteiger partial charge in [-0.25, -0.2) is 9.97 Å². The maximum atomic E-state index is 4.85. The van der Waals surface area contributed by atoms with Gasteiger partial charge in [0.25, 0.3) is 0 Å². The summed E-state index contributed by atoms with van der Waals surface area (Å²) in [6, 6.07) is 1.73. The van der Waals surface area contributed by atoms with Crippen LogP contribution in [-0.4, -0.2) is 16.2 Å². The van der Waals surface area contributed by atoms with Crippen LogP contribution >= 0.6 is 0 Å². The minimum Gasteiger partial charge on any atom is -0.323 e. The molecule has 0 bridgehead atoms. The van der Waals surface area contributed by atoms with Crippen LogP contribution < -0.4 is 5.84 Å². The van der Waals surface area contributed by atoms with Gasteiger partial charge in [-0.3, -0.25) is 0 Å². The van der Waals surface area contributed by atoms with Crippen LogP contribution in [0.1, 0.15) is 5.82 Å². The van der Waals surface area contributed by atoms with Gasteiger partial charge in [-0.2, -0.15) is 5.10 Å². The molecule has 0 aliphatic rings. The maximum absolute atomic E-state index is 4.85. The molecule has 0 atom stereocenters. The van der Waals surface area contributed by atoms with E-state index in [1.807, 2.05) is 0 Å². The summed E-state index contributed by atoms with van der Waals surface area (Å²) >= 11 is 0. The first-order valence-electron chi connectivity index (χ1n) is 2.44. The van der Waals surface area contributed by atoms with Gasteiger partial charge in [0, 0.05) is 12.4 Å². The first kappa shape index (κ1) is 5.68. The van der Waals surface area contributed by atoms with Crippen molar-refractivity contribution in [1.82, 2.24) is 9.97 Å². The van der Waals surface area contributed by atoms with Crippen molar-refractivity contribution in [2.75, 3.05) is 0 Å². The zero-order valence-corrected chi connectivity index (χ0v) is 4.73. The molecular formula is C5H6N4. The average molecular weight is 122 g/mol. The molecule has 0 aliphatic carbocycles.